The zero-order valence-corrected chi connectivity index (χ0v) is 16.7. The molecule has 0 saturated carbocycles. The molecule has 2 aromatic carbocycles. The number of hydrogen-bond acceptors (Lipinski definition) is 7. The van der Waals surface area contributed by atoms with E-state index in [0.29, 0.717) is 16.1 Å². The summed E-state index contributed by atoms with van der Waals surface area (Å²) in [5.74, 6) is -0.888. The van der Waals surface area contributed by atoms with Crippen LogP contribution in [0.5, 0.6) is 0 Å². The van der Waals surface area contributed by atoms with Crippen molar-refractivity contribution in [2.45, 2.75) is 12.8 Å². The highest BCUT2D eigenvalue weighted by molar-refractivity contribution is 7.18. The van der Waals surface area contributed by atoms with Crippen LogP contribution in [-0.4, -0.2) is 9.97 Å². The predicted molar refractivity (Wildman–Crippen MR) is 115 cm³/mol. The van der Waals surface area contributed by atoms with Gasteiger partial charge < -0.3 is 5.73 Å². The summed E-state index contributed by atoms with van der Waals surface area (Å²) in [4.78, 5) is 8.89. The average Bonchev–Trinajstić information content (AvgIpc) is 3.18. The van der Waals surface area contributed by atoms with Gasteiger partial charge in [0.05, 0.1) is 27.5 Å². The lowest BCUT2D eigenvalue weighted by Crippen LogP contribution is -2.10. The largest absolute Gasteiger partial charge is 0.383 e. The Labute approximate surface area is 177 Å². The van der Waals surface area contributed by atoms with Crippen molar-refractivity contribution in [3.63, 3.8) is 0 Å². The first-order valence-electron chi connectivity index (χ1n) is 9.03. The summed E-state index contributed by atoms with van der Waals surface area (Å²) in [6.45, 7) is 1.89. The summed E-state index contributed by atoms with van der Waals surface area (Å²) in [5, 5.41) is 30.2. The fourth-order valence-electron chi connectivity index (χ4n) is 3.43. The van der Waals surface area contributed by atoms with Crippen molar-refractivity contribution in [2.75, 3.05) is 5.73 Å². The number of fused-ring (bicyclic) bond motifs is 1. The van der Waals surface area contributed by atoms with E-state index in [1.807, 2.05) is 55.5 Å². The summed E-state index contributed by atoms with van der Waals surface area (Å²) < 4.78 is 0.937. The number of aromatic nitrogens is 2. The molecule has 0 fully saturated rings. The molecule has 6 nitrogen and oxygen atoms in total. The standard InChI is InChI=1S/C23H14N6S/c1-13-6-2-3-7-14(13)20-15(10-24)21(29-22(27)16(20)11-25)17(12-26)23-28-18-8-4-5-9-19(18)30-23/h2-9,17H,1H3,(H2,27,29)/t17-/m1/s1. The first-order valence-corrected chi connectivity index (χ1v) is 9.85. The molecule has 0 aliphatic carbocycles. The van der Waals surface area contributed by atoms with Gasteiger partial charge in [-0.1, -0.05) is 36.4 Å². The highest BCUT2D eigenvalue weighted by atomic mass is 32.1. The average molecular weight is 406 g/mol. The Morgan fingerprint density at radius 3 is 2.30 bits per heavy atom. The molecule has 0 aliphatic heterocycles. The van der Waals surface area contributed by atoms with Crippen molar-refractivity contribution in [3.05, 3.63) is 75.9 Å². The van der Waals surface area contributed by atoms with Gasteiger partial charge in [-0.15, -0.1) is 11.3 Å². The number of nitrogen functional groups attached to an aromatic ring is 1. The molecule has 1 atom stereocenters. The third kappa shape index (κ3) is 3.02. The minimum absolute atomic E-state index is 0.00823. The number of benzene rings is 2. The maximum atomic E-state index is 10.0. The number of aryl methyl sites for hydroxylation is 1. The number of rotatable bonds is 3. The van der Waals surface area contributed by atoms with Gasteiger partial charge in [-0.2, -0.15) is 15.8 Å². The van der Waals surface area contributed by atoms with Crippen LogP contribution in [0.1, 0.15) is 33.3 Å². The summed E-state index contributed by atoms with van der Waals surface area (Å²) in [7, 11) is 0. The van der Waals surface area contributed by atoms with Gasteiger partial charge in [0.15, 0.2) is 0 Å². The molecule has 0 aliphatic rings. The topological polar surface area (TPSA) is 123 Å². The van der Waals surface area contributed by atoms with Crippen LogP contribution in [-0.2, 0) is 0 Å². The van der Waals surface area contributed by atoms with E-state index < -0.39 is 5.92 Å². The number of nitrogens with two attached hydrogens (primary N) is 1. The molecule has 4 aromatic rings. The molecule has 0 spiro atoms. The first-order chi connectivity index (χ1) is 14.6. The normalized spacial score (nSPS) is 11.4. The lowest BCUT2D eigenvalue weighted by atomic mass is 9.89. The Bertz CT molecular complexity index is 1380. The number of nitrogens with zero attached hydrogens (tertiary/aromatic N) is 5. The number of hydrogen-bond donors (Lipinski definition) is 1. The smallest absolute Gasteiger partial charge is 0.142 e. The monoisotopic (exact) mass is 406 g/mol. The number of thiazole rings is 1. The van der Waals surface area contributed by atoms with E-state index >= 15 is 0 Å². The van der Waals surface area contributed by atoms with Crippen molar-refractivity contribution in [1.29, 1.82) is 15.8 Å². The summed E-state index contributed by atoms with van der Waals surface area (Å²) in [6.07, 6.45) is 0. The van der Waals surface area contributed by atoms with Crippen molar-refractivity contribution >= 4 is 27.4 Å². The molecule has 0 saturated heterocycles. The highest BCUT2D eigenvalue weighted by Gasteiger charge is 2.28. The van der Waals surface area contributed by atoms with Crippen LogP contribution in [0.2, 0.25) is 0 Å². The zero-order valence-electron chi connectivity index (χ0n) is 15.9. The first kappa shape index (κ1) is 19.1. The SMILES string of the molecule is Cc1ccccc1-c1c(C#N)c(N)nc([C@@H](C#N)c2nc3ccccc3s2)c1C#N. The van der Waals surface area contributed by atoms with Gasteiger partial charge in [-0.05, 0) is 30.2 Å². The Kier molecular flexibility index (Phi) is 4.86. The highest BCUT2D eigenvalue weighted by Crippen LogP contribution is 2.39. The Hall–Kier alpha value is -4.25. The molecule has 4 rings (SSSR count). The second kappa shape index (κ2) is 7.64. The maximum Gasteiger partial charge on any atom is 0.142 e. The van der Waals surface area contributed by atoms with Crippen LogP contribution in [0.25, 0.3) is 21.3 Å². The Balaban J connectivity index is 2.03. The molecule has 2 heterocycles. The van der Waals surface area contributed by atoms with Crippen molar-refractivity contribution in [1.82, 2.24) is 9.97 Å². The van der Waals surface area contributed by atoms with Crippen LogP contribution in [0.3, 0.4) is 0 Å². The third-order valence-corrected chi connectivity index (χ3v) is 5.95. The van der Waals surface area contributed by atoms with Crippen LogP contribution in [0.4, 0.5) is 5.82 Å². The minimum atomic E-state index is -0.880. The van der Waals surface area contributed by atoms with Gasteiger partial charge in [0.1, 0.15) is 34.4 Å². The number of para-hydroxylation sites is 1. The minimum Gasteiger partial charge on any atom is -0.383 e. The van der Waals surface area contributed by atoms with Crippen molar-refractivity contribution in [2.24, 2.45) is 0 Å². The zero-order chi connectivity index (χ0) is 21.3. The molecule has 0 bridgehead atoms. The molecule has 0 unspecified atom stereocenters. The van der Waals surface area contributed by atoms with E-state index in [0.717, 1.165) is 15.8 Å². The van der Waals surface area contributed by atoms with Crippen LogP contribution in [0.15, 0.2) is 48.5 Å². The Morgan fingerprint density at radius 2 is 1.63 bits per heavy atom. The van der Waals surface area contributed by atoms with Gasteiger partial charge >= 0.3 is 0 Å². The second-order valence-corrected chi connectivity index (χ2v) is 7.69. The van der Waals surface area contributed by atoms with Gasteiger partial charge in [-0.3, -0.25) is 0 Å². The third-order valence-electron chi connectivity index (χ3n) is 4.85. The van der Waals surface area contributed by atoms with Gasteiger partial charge in [0.2, 0.25) is 0 Å². The van der Waals surface area contributed by atoms with E-state index in [4.69, 9.17) is 5.73 Å². The molecule has 2 N–H and O–H groups in total. The molecule has 7 heteroatoms. The van der Waals surface area contributed by atoms with Gasteiger partial charge in [0, 0.05) is 5.56 Å². The van der Waals surface area contributed by atoms with Crippen molar-refractivity contribution in [3.8, 4) is 29.3 Å². The van der Waals surface area contributed by atoms with Gasteiger partial charge in [0.25, 0.3) is 0 Å². The lowest BCUT2D eigenvalue weighted by Gasteiger charge is -2.16. The van der Waals surface area contributed by atoms with E-state index in [2.05, 4.69) is 28.2 Å². The van der Waals surface area contributed by atoms with Crippen LogP contribution in [0, 0.1) is 40.9 Å². The predicted octanol–water partition coefficient (Wildman–Crippen LogP) is 4.65. The summed E-state index contributed by atoms with van der Waals surface area (Å²) in [5.41, 5.74) is 9.41. The number of pyridine rings is 1. The molecular weight excluding hydrogens is 392 g/mol. The van der Waals surface area contributed by atoms with Crippen LogP contribution < -0.4 is 5.73 Å². The molecule has 30 heavy (non-hydrogen) atoms. The number of nitriles is 3. The fraction of sp³-hybridized carbons (Fsp3) is 0.0870. The maximum absolute atomic E-state index is 10.0. The summed E-state index contributed by atoms with van der Waals surface area (Å²) in [6, 6.07) is 21.5. The van der Waals surface area contributed by atoms with Crippen LogP contribution >= 0.6 is 11.3 Å². The van der Waals surface area contributed by atoms with Gasteiger partial charge in [-0.25, -0.2) is 9.97 Å². The van der Waals surface area contributed by atoms with E-state index in [1.54, 1.807) is 0 Å². The molecule has 2 aromatic heterocycles. The lowest BCUT2D eigenvalue weighted by molar-refractivity contribution is 0.950. The molecule has 0 amide bonds. The van der Waals surface area contributed by atoms with E-state index in [9.17, 15) is 15.8 Å². The number of anilines is 1. The molecule has 0 radical (unpaired) electrons. The Morgan fingerprint density at radius 1 is 0.933 bits per heavy atom. The molecule has 142 valence electrons. The van der Waals surface area contributed by atoms with E-state index in [1.165, 1.54) is 11.3 Å². The van der Waals surface area contributed by atoms with E-state index in [-0.39, 0.29) is 22.6 Å². The molecular formula is C23H14N6S. The summed E-state index contributed by atoms with van der Waals surface area (Å²) >= 11 is 1.38. The van der Waals surface area contributed by atoms with Crippen molar-refractivity contribution < 1.29 is 0 Å². The quantitative estimate of drug-likeness (QED) is 0.528. The second-order valence-electron chi connectivity index (χ2n) is 6.63. The fourth-order valence-corrected chi connectivity index (χ4v) is 4.44.